The fourth-order valence-corrected chi connectivity index (χ4v) is 11.4. The summed E-state index contributed by atoms with van der Waals surface area (Å²) in [6.45, 7) is 0. The molecule has 2 aliphatic rings. The normalized spacial score (nSPS) is 13.7. The van der Waals surface area contributed by atoms with Crippen molar-refractivity contribution in [2.75, 3.05) is 4.90 Å². The summed E-state index contributed by atoms with van der Waals surface area (Å²) in [5.74, 6) is 0. The topological polar surface area (TPSA) is 3.24 Å². The lowest BCUT2D eigenvalue weighted by atomic mass is 9.61. The van der Waals surface area contributed by atoms with Crippen LogP contribution in [0.4, 0.5) is 17.1 Å². The average Bonchev–Trinajstić information content (AvgIpc) is 3.80. The first kappa shape index (κ1) is 38.1. The van der Waals surface area contributed by atoms with Gasteiger partial charge in [-0.1, -0.05) is 204 Å². The van der Waals surface area contributed by atoms with Crippen molar-refractivity contribution >= 4 is 83.6 Å². The average molecular weight is 785 g/mol. The molecule has 0 atom stereocenters. The van der Waals surface area contributed by atoms with E-state index in [9.17, 15) is 0 Å². The van der Waals surface area contributed by atoms with E-state index in [-0.39, 0.29) is 0 Å². The molecular formula is C56H44B5N. The van der Waals surface area contributed by atoms with E-state index in [2.05, 4.69) is 250 Å². The van der Waals surface area contributed by atoms with Gasteiger partial charge >= 0.3 is 0 Å². The quantitative estimate of drug-likeness (QED) is 0.202. The van der Waals surface area contributed by atoms with Crippen molar-refractivity contribution in [2.45, 2.75) is 10.8 Å². The molecule has 0 aromatic heterocycles. The molecule has 62 heavy (non-hydrogen) atoms. The number of rotatable bonds is 7. The second-order valence-corrected chi connectivity index (χ2v) is 17.3. The Labute approximate surface area is 370 Å². The van der Waals surface area contributed by atoms with Crippen LogP contribution in [0.25, 0.3) is 22.3 Å². The van der Waals surface area contributed by atoms with Gasteiger partial charge in [0.2, 0.25) is 0 Å². The predicted octanol–water partition coefficient (Wildman–Crippen LogP) is 5.17. The van der Waals surface area contributed by atoms with E-state index < -0.39 is 10.8 Å². The molecule has 288 valence electrons. The highest BCUT2D eigenvalue weighted by Crippen LogP contribution is 2.59. The molecule has 0 spiro atoms. The first-order valence-corrected chi connectivity index (χ1v) is 21.9. The van der Waals surface area contributed by atoms with Gasteiger partial charge < -0.3 is 4.90 Å². The van der Waals surface area contributed by atoms with Gasteiger partial charge in [-0.3, -0.25) is 0 Å². The van der Waals surface area contributed by atoms with Gasteiger partial charge in [0.25, 0.3) is 0 Å². The van der Waals surface area contributed by atoms with E-state index in [0.29, 0.717) is 0 Å². The summed E-state index contributed by atoms with van der Waals surface area (Å²) in [6, 6.07) is 77.2. The highest BCUT2D eigenvalue weighted by Gasteiger charge is 2.48. The minimum absolute atomic E-state index is 0.519. The first-order valence-electron chi connectivity index (χ1n) is 21.9. The van der Waals surface area contributed by atoms with Crippen LogP contribution >= 0.6 is 0 Å². The summed E-state index contributed by atoms with van der Waals surface area (Å²) in [5.41, 5.74) is 24.5. The molecule has 0 saturated heterocycles. The molecule has 0 N–H and O–H groups in total. The van der Waals surface area contributed by atoms with Gasteiger partial charge in [0, 0.05) is 17.1 Å². The Morgan fingerprint density at radius 1 is 0.274 bits per heavy atom. The van der Waals surface area contributed by atoms with Gasteiger partial charge in [-0.15, -0.1) is 5.46 Å². The van der Waals surface area contributed by atoms with Crippen molar-refractivity contribution in [3.63, 3.8) is 0 Å². The van der Waals surface area contributed by atoms with E-state index in [1.54, 1.807) is 0 Å². The van der Waals surface area contributed by atoms with Crippen LogP contribution in [0, 0.1) is 0 Å². The van der Waals surface area contributed by atoms with Crippen molar-refractivity contribution < 1.29 is 0 Å². The highest BCUT2D eigenvalue weighted by atomic mass is 15.1. The van der Waals surface area contributed by atoms with Crippen molar-refractivity contribution in [1.29, 1.82) is 0 Å². The van der Waals surface area contributed by atoms with Crippen LogP contribution in [0.1, 0.15) is 44.5 Å². The van der Waals surface area contributed by atoms with Crippen LogP contribution in [-0.4, -0.2) is 39.2 Å². The van der Waals surface area contributed by atoms with Gasteiger partial charge in [-0.2, -0.15) is 0 Å². The summed E-state index contributed by atoms with van der Waals surface area (Å²) < 4.78 is 0. The van der Waals surface area contributed by atoms with Gasteiger partial charge in [0.15, 0.2) is 0 Å². The Morgan fingerprint density at radius 2 is 0.565 bits per heavy atom. The van der Waals surface area contributed by atoms with Crippen LogP contribution < -0.4 is 32.2 Å². The summed E-state index contributed by atoms with van der Waals surface area (Å²) in [4.78, 5) is 2.58. The molecule has 0 unspecified atom stereocenters. The molecule has 0 bridgehead atoms. The highest BCUT2D eigenvalue weighted by molar-refractivity contribution is 6.69. The van der Waals surface area contributed by atoms with E-state index >= 15 is 0 Å². The Balaban J connectivity index is 1.24. The fourth-order valence-electron chi connectivity index (χ4n) is 11.4. The molecule has 0 heterocycles. The molecule has 0 saturated carbocycles. The summed E-state index contributed by atoms with van der Waals surface area (Å²) in [6.07, 6.45) is 0. The Bertz CT molecular complexity index is 2900. The second-order valence-electron chi connectivity index (χ2n) is 17.3. The fraction of sp³-hybridized carbons (Fsp3) is 0.0357. The summed E-state index contributed by atoms with van der Waals surface area (Å²) in [7, 11) is 11.5. The molecule has 6 heteroatoms. The predicted molar refractivity (Wildman–Crippen MR) is 277 cm³/mol. The molecule has 0 aliphatic heterocycles. The standard InChI is InChI=1S/C56H44B5N/c57-49-50(58)52(60)54(53(61)51(49)59)62(39-29-31-43-41-25-13-15-27-45(41)55(47(43)33-39,35-17-5-1-6-18-35)36-19-7-2-8-20-36)40-30-32-44-42-26-14-16-28-46(42)56(48(44)34-40,37-21-9-3-10-22-37)38-23-11-4-12-24-38/h1-34H,57-61H2. The number of hydrogen-bond donors (Lipinski definition) is 0. The smallest absolute Gasteiger partial charge is 0.141 e. The number of hydrogen-bond acceptors (Lipinski definition) is 1. The lowest BCUT2D eigenvalue weighted by molar-refractivity contribution is 0.767. The SMILES string of the molecule is Bc1c(B)c(B)c(N(c2ccc3c(c2)C(c2ccccc2)(c2ccccc2)c2ccccc2-3)c2ccc3c(c2)C(c2ccccc2)(c2ccccc2)c2ccccc2-3)c(B)c1B. The second kappa shape index (κ2) is 14.6. The maximum atomic E-state index is 2.58. The van der Waals surface area contributed by atoms with Gasteiger partial charge in [-0.05, 0) is 91.0 Å². The van der Waals surface area contributed by atoms with Crippen LogP contribution in [0.2, 0.25) is 0 Å². The molecule has 0 fully saturated rings. The number of anilines is 3. The number of nitrogens with zero attached hydrogens (tertiary/aromatic N) is 1. The van der Waals surface area contributed by atoms with E-state index in [0.717, 1.165) is 11.4 Å². The summed E-state index contributed by atoms with van der Waals surface area (Å²) in [5, 5.41) is 0. The Kier molecular flexibility index (Phi) is 8.98. The maximum absolute atomic E-state index is 2.58. The minimum Gasteiger partial charge on any atom is -0.312 e. The van der Waals surface area contributed by atoms with Crippen LogP contribution in [0.5, 0.6) is 0 Å². The monoisotopic (exact) mass is 785 g/mol. The van der Waals surface area contributed by atoms with Crippen molar-refractivity contribution in [3.05, 3.63) is 251 Å². The molecule has 0 radical (unpaired) electrons. The van der Waals surface area contributed by atoms with Crippen LogP contribution in [0.3, 0.4) is 0 Å². The molecule has 9 aromatic rings. The zero-order chi connectivity index (χ0) is 42.2. The zero-order valence-electron chi connectivity index (χ0n) is 36.1. The third kappa shape index (κ3) is 5.29. The van der Waals surface area contributed by atoms with Gasteiger partial charge in [0.1, 0.15) is 39.2 Å². The van der Waals surface area contributed by atoms with Gasteiger partial charge in [-0.25, -0.2) is 0 Å². The third-order valence-electron chi connectivity index (χ3n) is 14.6. The number of fused-ring (bicyclic) bond motifs is 6. The van der Waals surface area contributed by atoms with E-state index in [4.69, 9.17) is 0 Å². The van der Waals surface area contributed by atoms with E-state index in [1.165, 1.54) is 99.8 Å². The molecule has 9 aromatic carbocycles. The molecule has 1 nitrogen and oxygen atoms in total. The molecular weight excluding hydrogens is 741 g/mol. The van der Waals surface area contributed by atoms with Crippen LogP contribution in [-0.2, 0) is 10.8 Å². The summed E-state index contributed by atoms with van der Waals surface area (Å²) >= 11 is 0. The van der Waals surface area contributed by atoms with Crippen molar-refractivity contribution in [2.24, 2.45) is 0 Å². The lowest BCUT2D eigenvalue weighted by Gasteiger charge is -2.37. The maximum Gasteiger partial charge on any atom is 0.141 e. The largest absolute Gasteiger partial charge is 0.312 e. The van der Waals surface area contributed by atoms with E-state index in [1.807, 2.05) is 0 Å². The Morgan fingerprint density at radius 3 is 0.919 bits per heavy atom. The molecule has 2 aliphatic carbocycles. The Hall–Kier alpha value is -6.90. The zero-order valence-corrected chi connectivity index (χ0v) is 36.1. The molecule has 0 amide bonds. The van der Waals surface area contributed by atoms with Crippen molar-refractivity contribution in [3.8, 4) is 22.3 Å². The van der Waals surface area contributed by atoms with Crippen LogP contribution in [0.15, 0.2) is 206 Å². The third-order valence-corrected chi connectivity index (χ3v) is 14.6. The first-order chi connectivity index (χ1) is 30.4. The minimum atomic E-state index is -0.519. The molecule has 11 rings (SSSR count). The lowest BCUT2D eigenvalue weighted by Crippen LogP contribution is -2.56. The number of benzene rings is 9. The van der Waals surface area contributed by atoms with Gasteiger partial charge in [0.05, 0.1) is 10.8 Å². The van der Waals surface area contributed by atoms with Crippen molar-refractivity contribution in [1.82, 2.24) is 0 Å².